The Labute approximate surface area is 350 Å². The highest BCUT2D eigenvalue weighted by Crippen LogP contribution is 2.23. The molecule has 0 bridgehead atoms. The van der Waals surface area contributed by atoms with Crippen LogP contribution in [0.25, 0.3) is 0 Å². The van der Waals surface area contributed by atoms with Crippen molar-refractivity contribution in [1.29, 1.82) is 0 Å². The van der Waals surface area contributed by atoms with Gasteiger partial charge in [-0.05, 0) is 127 Å². The molecule has 0 aliphatic carbocycles. The Morgan fingerprint density at radius 3 is 0.852 bits per heavy atom. The van der Waals surface area contributed by atoms with Crippen LogP contribution in [-0.2, 0) is 0 Å². The van der Waals surface area contributed by atoms with Crippen molar-refractivity contribution in [3.8, 4) is 0 Å². The number of hydrogen-bond donors (Lipinski definition) is 6. The molecule has 13 heteroatoms. The van der Waals surface area contributed by atoms with E-state index in [1.807, 2.05) is 12.1 Å². The summed E-state index contributed by atoms with van der Waals surface area (Å²) in [7, 11) is 0. The Kier molecular flexibility index (Phi) is 12.4. The van der Waals surface area contributed by atoms with Gasteiger partial charge < -0.3 is 26.6 Å². The number of benzene rings is 7. The SMILES string of the molecule is NN(C(=O)c1cc(C(=O)Nc2ccc(NC(=O)c3ccccc3)cc2)cc(C(=O)Nc2ccc(NC(=O)c3ccccc3)cc2)c1)c1ccc(NC(=O)c2ccccc2)cc1. The zero-order valence-electron chi connectivity index (χ0n) is 32.3. The molecule has 0 heterocycles. The molecule has 0 aliphatic heterocycles. The number of rotatable bonds is 12. The summed E-state index contributed by atoms with van der Waals surface area (Å²) in [6, 6.07) is 49.2. The van der Waals surface area contributed by atoms with Gasteiger partial charge in [0.1, 0.15) is 0 Å². The van der Waals surface area contributed by atoms with Crippen LogP contribution in [0, 0.1) is 0 Å². The van der Waals surface area contributed by atoms with Gasteiger partial charge >= 0.3 is 0 Å². The van der Waals surface area contributed by atoms with Gasteiger partial charge in [-0.1, -0.05) is 54.6 Å². The van der Waals surface area contributed by atoms with E-state index < -0.39 is 17.7 Å². The van der Waals surface area contributed by atoms with Crippen LogP contribution in [0.5, 0.6) is 0 Å². The number of hydrogen-bond acceptors (Lipinski definition) is 7. The van der Waals surface area contributed by atoms with E-state index in [0.717, 1.165) is 5.01 Å². The van der Waals surface area contributed by atoms with E-state index in [1.165, 1.54) is 18.2 Å². The molecule has 300 valence electrons. The number of carbonyl (C=O) groups excluding carboxylic acids is 6. The molecule has 0 saturated carbocycles. The smallest absolute Gasteiger partial charge is 0.272 e. The second-order valence-electron chi connectivity index (χ2n) is 13.5. The fourth-order valence-electron chi connectivity index (χ4n) is 6.03. The lowest BCUT2D eigenvalue weighted by molar-refractivity contribution is 0.0983. The topological polar surface area (TPSA) is 192 Å². The predicted octanol–water partition coefficient (Wildman–Crippen LogP) is 8.47. The van der Waals surface area contributed by atoms with Gasteiger partial charge in [0.05, 0.1) is 5.69 Å². The second kappa shape index (κ2) is 18.7. The predicted molar refractivity (Wildman–Crippen MR) is 236 cm³/mol. The quantitative estimate of drug-likeness (QED) is 0.0405. The fraction of sp³-hybridized carbons (Fsp3) is 0. The first-order valence-corrected chi connectivity index (χ1v) is 18.9. The van der Waals surface area contributed by atoms with Crippen LogP contribution < -0.4 is 37.4 Å². The van der Waals surface area contributed by atoms with E-state index >= 15 is 0 Å². The van der Waals surface area contributed by atoms with Crippen molar-refractivity contribution in [2.24, 2.45) is 5.84 Å². The lowest BCUT2D eigenvalue weighted by atomic mass is 10.0. The van der Waals surface area contributed by atoms with Gasteiger partial charge in [0.25, 0.3) is 35.4 Å². The molecule has 0 saturated heterocycles. The number of carbonyl (C=O) groups is 6. The maximum atomic E-state index is 13.9. The van der Waals surface area contributed by atoms with Gasteiger partial charge in [0, 0.05) is 61.8 Å². The fourth-order valence-corrected chi connectivity index (χ4v) is 6.03. The van der Waals surface area contributed by atoms with Gasteiger partial charge in [0.15, 0.2) is 0 Å². The van der Waals surface area contributed by atoms with Crippen LogP contribution in [0.4, 0.5) is 34.1 Å². The highest BCUT2D eigenvalue weighted by Gasteiger charge is 2.21. The van der Waals surface area contributed by atoms with Crippen LogP contribution in [0.2, 0.25) is 0 Å². The summed E-state index contributed by atoms with van der Waals surface area (Å²) < 4.78 is 0. The number of anilines is 6. The minimum atomic E-state index is -0.734. The van der Waals surface area contributed by atoms with Gasteiger partial charge in [-0.3, -0.25) is 28.8 Å². The van der Waals surface area contributed by atoms with Gasteiger partial charge in [-0.25, -0.2) is 10.9 Å². The van der Waals surface area contributed by atoms with Crippen molar-refractivity contribution in [2.45, 2.75) is 0 Å². The Morgan fingerprint density at radius 2 is 0.557 bits per heavy atom. The average Bonchev–Trinajstić information content (AvgIpc) is 3.30. The molecular formula is C48H37N7O6. The van der Waals surface area contributed by atoms with Gasteiger partial charge in [-0.2, -0.15) is 0 Å². The van der Waals surface area contributed by atoms with Gasteiger partial charge in [0.2, 0.25) is 0 Å². The standard InChI is InChI=1S/C48H37N7O6/c49-55(42-26-24-41(25-27-42)52-45(58)33-14-8-3-9-15-33)48(61)36-29-34(46(59)53-39-20-16-37(17-21-39)50-43(56)31-10-4-1-5-11-31)28-35(30-36)47(60)54-40-22-18-38(19-23-40)51-44(57)32-12-6-2-7-13-32/h1-30H,49H2,(H,50,56)(H,51,57)(H,52,58)(H,53,59)(H,54,60). The summed E-state index contributed by atoms with van der Waals surface area (Å²) in [5.41, 5.74) is 3.82. The summed E-state index contributed by atoms with van der Waals surface area (Å²) in [6.07, 6.45) is 0. The van der Waals surface area contributed by atoms with E-state index in [-0.39, 0.29) is 40.1 Å². The Bertz CT molecular complexity index is 2580. The third-order valence-corrected chi connectivity index (χ3v) is 9.24. The molecule has 0 aliphatic rings. The minimum Gasteiger partial charge on any atom is -0.322 e. The highest BCUT2D eigenvalue weighted by molar-refractivity contribution is 6.14. The van der Waals surface area contributed by atoms with Crippen LogP contribution in [0.3, 0.4) is 0 Å². The lowest BCUT2D eigenvalue weighted by Crippen LogP contribution is -2.37. The molecule has 0 radical (unpaired) electrons. The molecule has 0 aromatic heterocycles. The molecule has 7 rings (SSSR count). The molecule has 0 spiro atoms. The summed E-state index contributed by atoms with van der Waals surface area (Å²) in [6.45, 7) is 0. The number of nitrogens with one attached hydrogen (secondary N) is 5. The van der Waals surface area contributed by atoms with Crippen molar-refractivity contribution < 1.29 is 28.8 Å². The highest BCUT2D eigenvalue weighted by atomic mass is 16.2. The van der Waals surface area contributed by atoms with Crippen molar-refractivity contribution in [3.05, 3.63) is 215 Å². The summed E-state index contributed by atoms with van der Waals surface area (Å²) in [5, 5.41) is 14.8. The van der Waals surface area contributed by atoms with Crippen LogP contribution >= 0.6 is 0 Å². The Hall–Kier alpha value is -8.68. The molecule has 7 aromatic rings. The van der Waals surface area contributed by atoms with Gasteiger partial charge in [-0.15, -0.1) is 0 Å². The maximum Gasteiger partial charge on any atom is 0.272 e. The summed E-state index contributed by atoms with van der Waals surface area (Å²) in [4.78, 5) is 79.2. The Balaban J connectivity index is 1.09. The van der Waals surface area contributed by atoms with Crippen LogP contribution in [0.15, 0.2) is 182 Å². The summed E-state index contributed by atoms with van der Waals surface area (Å²) >= 11 is 0. The molecule has 6 amide bonds. The zero-order valence-corrected chi connectivity index (χ0v) is 32.3. The number of nitrogens with zero attached hydrogens (tertiary/aromatic N) is 1. The molecule has 0 atom stereocenters. The third kappa shape index (κ3) is 10.4. The lowest BCUT2D eigenvalue weighted by Gasteiger charge is -2.18. The first-order chi connectivity index (χ1) is 29.6. The first-order valence-electron chi connectivity index (χ1n) is 18.9. The summed E-state index contributed by atoms with van der Waals surface area (Å²) in [5.74, 6) is 3.41. The van der Waals surface area contributed by atoms with Crippen LogP contribution in [-0.4, -0.2) is 35.4 Å². The molecule has 7 N–H and O–H groups in total. The minimum absolute atomic E-state index is 0.0243. The average molecular weight is 808 g/mol. The van der Waals surface area contributed by atoms with Crippen LogP contribution in [0.1, 0.15) is 62.1 Å². The van der Waals surface area contributed by atoms with E-state index in [1.54, 1.807) is 152 Å². The number of nitrogens with two attached hydrogens (primary N) is 1. The zero-order chi connectivity index (χ0) is 42.7. The van der Waals surface area contributed by atoms with Crippen molar-refractivity contribution in [2.75, 3.05) is 31.6 Å². The van der Waals surface area contributed by atoms with E-state index in [2.05, 4.69) is 26.6 Å². The molecule has 7 aromatic carbocycles. The molecular weight excluding hydrogens is 771 g/mol. The maximum absolute atomic E-state index is 13.9. The Morgan fingerprint density at radius 1 is 0.311 bits per heavy atom. The largest absolute Gasteiger partial charge is 0.322 e. The number of hydrazine groups is 1. The normalized spacial score (nSPS) is 10.4. The molecule has 0 unspecified atom stereocenters. The van der Waals surface area contributed by atoms with E-state index in [9.17, 15) is 28.8 Å². The first kappa shape index (κ1) is 40.5. The second-order valence-corrected chi connectivity index (χ2v) is 13.5. The van der Waals surface area contributed by atoms with E-state index in [0.29, 0.717) is 45.1 Å². The van der Waals surface area contributed by atoms with Crippen molar-refractivity contribution in [3.63, 3.8) is 0 Å². The molecule has 61 heavy (non-hydrogen) atoms. The molecule has 0 fully saturated rings. The van der Waals surface area contributed by atoms with Crippen molar-refractivity contribution in [1.82, 2.24) is 0 Å². The monoisotopic (exact) mass is 807 g/mol. The third-order valence-electron chi connectivity index (χ3n) is 9.24. The number of amides is 6. The van der Waals surface area contributed by atoms with Crippen molar-refractivity contribution >= 4 is 69.6 Å². The van der Waals surface area contributed by atoms with E-state index in [4.69, 9.17) is 5.84 Å². The molecule has 13 nitrogen and oxygen atoms in total.